The molecule has 6 heteroatoms. The molecule has 0 aliphatic heterocycles. The highest BCUT2D eigenvalue weighted by molar-refractivity contribution is 6.14. The summed E-state index contributed by atoms with van der Waals surface area (Å²) in [4.78, 5) is 0. The Morgan fingerprint density at radius 3 is 1.00 bits per heavy atom. The molecule has 72 heavy (non-hydrogen) atoms. The van der Waals surface area contributed by atoms with Crippen molar-refractivity contribution >= 4 is 43.6 Å². The quantitative estimate of drug-likeness (QED) is 0.157. The summed E-state index contributed by atoms with van der Waals surface area (Å²) < 4.78 is 53.0. The van der Waals surface area contributed by atoms with Crippen LogP contribution >= 0.6 is 0 Å². The van der Waals surface area contributed by atoms with Crippen molar-refractivity contribution in [2.45, 2.75) is 33.9 Å². The van der Waals surface area contributed by atoms with Gasteiger partial charge in [-0.3, -0.25) is 0 Å². The number of aromatic nitrogens is 2. The van der Waals surface area contributed by atoms with E-state index in [4.69, 9.17) is 0 Å². The molecule has 0 atom stereocenters. The predicted octanol–water partition coefficient (Wildman–Crippen LogP) is 18.3. The van der Waals surface area contributed by atoms with Crippen LogP contribution in [0.4, 0.5) is 13.2 Å². The van der Waals surface area contributed by atoms with Crippen molar-refractivity contribution in [2.24, 2.45) is 0 Å². The summed E-state index contributed by atoms with van der Waals surface area (Å²) in [7, 11) is 0. The van der Waals surface area contributed by atoms with Gasteiger partial charge in [-0.15, -0.1) is 0 Å². The Morgan fingerprint density at radius 1 is 0.347 bits per heavy atom. The van der Waals surface area contributed by atoms with E-state index in [9.17, 15) is 5.26 Å². The third kappa shape index (κ3) is 7.71. The Bertz CT molecular complexity index is 4010. The average molecular weight is 938 g/mol. The lowest BCUT2D eigenvalue weighted by Crippen LogP contribution is -2.12. The van der Waals surface area contributed by atoms with Gasteiger partial charge in [0.1, 0.15) is 0 Å². The van der Waals surface area contributed by atoms with Crippen molar-refractivity contribution in [1.29, 1.82) is 5.26 Å². The van der Waals surface area contributed by atoms with E-state index in [1.54, 1.807) is 30.3 Å². The molecular formula is C66H46F3N3. The zero-order valence-corrected chi connectivity index (χ0v) is 40.1. The molecule has 2 heterocycles. The average Bonchev–Trinajstić information content (AvgIpc) is 3.89. The molecule has 346 valence electrons. The second-order valence-corrected chi connectivity index (χ2v) is 19.2. The molecule has 0 radical (unpaired) electrons. The Morgan fingerprint density at radius 2 is 0.667 bits per heavy atom. The minimum Gasteiger partial charge on any atom is -0.307 e. The maximum Gasteiger partial charge on any atom is 0.417 e. The highest BCUT2D eigenvalue weighted by Gasteiger charge is 2.36. The fraction of sp³-hybridized carbons (Fsp3) is 0.0758. The molecule has 0 unspecified atom stereocenters. The highest BCUT2D eigenvalue weighted by Crippen LogP contribution is 2.47. The first-order valence-corrected chi connectivity index (χ1v) is 24.1. The van der Waals surface area contributed by atoms with Crippen LogP contribution in [0.5, 0.6) is 0 Å². The lowest BCUT2D eigenvalue weighted by Gasteiger charge is -2.22. The van der Waals surface area contributed by atoms with Crippen molar-refractivity contribution in [1.82, 2.24) is 9.13 Å². The minimum atomic E-state index is -4.79. The maximum atomic E-state index is 16.3. The second-order valence-electron chi connectivity index (χ2n) is 19.2. The number of aryl methyl sites for hydroxylation is 4. The molecule has 0 bridgehead atoms. The van der Waals surface area contributed by atoms with Gasteiger partial charge in [0, 0.05) is 21.5 Å². The lowest BCUT2D eigenvalue weighted by atomic mass is 9.95. The molecule has 12 rings (SSSR count). The largest absolute Gasteiger partial charge is 0.417 e. The number of nitrogens with zero attached hydrogens (tertiary/aromatic N) is 3. The number of fused-ring (bicyclic) bond motifs is 6. The van der Waals surface area contributed by atoms with Crippen LogP contribution in [0.1, 0.15) is 33.4 Å². The van der Waals surface area contributed by atoms with Crippen molar-refractivity contribution in [3.63, 3.8) is 0 Å². The number of nitriles is 1. The first kappa shape index (κ1) is 44.3. The van der Waals surface area contributed by atoms with Crippen molar-refractivity contribution < 1.29 is 13.2 Å². The van der Waals surface area contributed by atoms with E-state index in [0.717, 1.165) is 110 Å². The standard InChI is InChI=1S/C66H46F3N3/c1-40-10-5-15-45(28-40)49-20-24-54-55-25-21-50(46-16-6-11-41(2)29-46)34-61(55)71(60(54)33-49)64-37-58(53-19-9-14-44(32-53)39-70)59(66(67,68)69)38-65(64)72-62-35-51(47-17-7-12-42(3)30-47)22-26-56(62)57-27-23-52(36-63(57)72)48-18-8-13-43(4)31-48/h5-38H,1-4H3. The van der Waals surface area contributed by atoms with Gasteiger partial charge in [-0.05, 0) is 132 Å². The van der Waals surface area contributed by atoms with Crippen LogP contribution in [-0.2, 0) is 6.18 Å². The van der Waals surface area contributed by atoms with Crippen LogP contribution in [-0.4, -0.2) is 9.13 Å². The Hall–Kier alpha value is -8.92. The molecule has 0 fully saturated rings. The van der Waals surface area contributed by atoms with E-state index >= 15 is 13.2 Å². The normalized spacial score (nSPS) is 11.8. The van der Waals surface area contributed by atoms with Crippen LogP contribution in [0.3, 0.4) is 0 Å². The number of alkyl halides is 3. The molecule has 0 amide bonds. The van der Waals surface area contributed by atoms with Crippen molar-refractivity contribution in [2.75, 3.05) is 0 Å². The molecule has 10 aromatic carbocycles. The zero-order valence-electron chi connectivity index (χ0n) is 40.1. The fourth-order valence-electron chi connectivity index (χ4n) is 10.7. The van der Waals surface area contributed by atoms with Gasteiger partial charge in [0.25, 0.3) is 0 Å². The Kier molecular flexibility index (Phi) is 10.6. The van der Waals surface area contributed by atoms with E-state index in [0.29, 0.717) is 16.9 Å². The summed E-state index contributed by atoms with van der Waals surface area (Å²) in [5.41, 5.74) is 16.2. The molecule has 2 aromatic heterocycles. The van der Waals surface area contributed by atoms with Crippen molar-refractivity contribution in [3.8, 4) is 73.1 Å². The van der Waals surface area contributed by atoms with Gasteiger partial charge >= 0.3 is 6.18 Å². The van der Waals surface area contributed by atoms with Crippen molar-refractivity contribution in [3.05, 3.63) is 240 Å². The van der Waals surface area contributed by atoms with Gasteiger partial charge in [-0.2, -0.15) is 18.4 Å². The summed E-state index contributed by atoms with van der Waals surface area (Å²) in [6, 6.07) is 70.6. The fourth-order valence-corrected chi connectivity index (χ4v) is 10.7. The molecule has 0 saturated carbocycles. The first-order valence-electron chi connectivity index (χ1n) is 24.1. The number of hydrogen-bond acceptors (Lipinski definition) is 1. The minimum absolute atomic E-state index is 0.0281. The molecule has 3 nitrogen and oxygen atoms in total. The van der Waals surface area contributed by atoms with Crippen LogP contribution < -0.4 is 0 Å². The molecule has 0 N–H and O–H groups in total. The Labute approximate surface area is 415 Å². The van der Waals surface area contributed by atoms with Gasteiger partial charge in [-0.1, -0.05) is 180 Å². The number of halogens is 3. The van der Waals surface area contributed by atoms with E-state index in [-0.39, 0.29) is 11.1 Å². The Balaban J connectivity index is 1.28. The van der Waals surface area contributed by atoms with Crippen LogP contribution in [0.2, 0.25) is 0 Å². The molecule has 0 aliphatic carbocycles. The monoisotopic (exact) mass is 937 g/mol. The van der Waals surface area contributed by atoms with Crippen LogP contribution in [0, 0.1) is 39.0 Å². The van der Waals surface area contributed by atoms with Gasteiger partial charge in [-0.25, -0.2) is 0 Å². The highest BCUT2D eigenvalue weighted by atomic mass is 19.4. The molecule has 0 saturated heterocycles. The lowest BCUT2D eigenvalue weighted by molar-refractivity contribution is -0.137. The van der Waals surface area contributed by atoms with Crippen LogP contribution in [0.15, 0.2) is 206 Å². The van der Waals surface area contributed by atoms with Gasteiger partial charge in [0.15, 0.2) is 0 Å². The summed E-state index contributed by atoms with van der Waals surface area (Å²) in [5, 5.41) is 13.8. The molecule has 0 aliphatic rings. The zero-order chi connectivity index (χ0) is 49.4. The smallest absolute Gasteiger partial charge is 0.307 e. The summed E-state index contributed by atoms with van der Waals surface area (Å²) in [5.74, 6) is 0. The second kappa shape index (κ2) is 17.2. The predicted molar refractivity (Wildman–Crippen MR) is 291 cm³/mol. The molecular weight excluding hydrogens is 892 g/mol. The van der Waals surface area contributed by atoms with Gasteiger partial charge in [0.05, 0.1) is 50.6 Å². The first-order chi connectivity index (χ1) is 34.9. The van der Waals surface area contributed by atoms with E-state index in [2.05, 4.69) is 188 Å². The van der Waals surface area contributed by atoms with Crippen LogP contribution in [0.25, 0.3) is 111 Å². The summed E-state index contributed by atoms with van der Waals surface area (Å²) >= 11 is 0. The topological polar surface area (TPSA) is 33.6 Å². The molecule has 12 aromatic rings. The summed E-state index contributed by atoms with van der Waals surface area (Å²) in [6.07, 6.45) is -4.79. The van der Waals surface area contributed by atoms with Gasteiger partial charge < -0.3 is 9.13 Å². The van der Waals surface area contributed by atoms with Gasteiger partial charge in [0.2, 0.25) is 0 Å². The number of benzene rings is 10. The number of rotatable bonds is 7. The number of hydrogen-bond donors (Lipinski definition) is 0. The summed E-state index contributed by atoms with van der Waals surface area (Å²) in [6.45, 7) is 8.27. The maximum absolute atomic E-state index is 16.3. The third-order valence-corrected chi connectivity index (χ3v) is 14.1. The van der Waals surface area contributed by atoms with E-state index in [1.807, 2.05) is 24.3 Å². The van der Waals surface area contributed by atoms with E-state index in [1.165, 1.54) is 6.07 Å². The molecule has 0 spiro atoms. The SMILES string of the molecule is Cc1cccc(-c2ccc3c4ccc(-c5cccc(C)c5)cc4n(-c4cc(-c5cccc(C#N)c5)c(C(F)(F)F)cc4-n4c5cc(-c6cccc(C)c6)ccc5c5ccc(-c6cccc(C)c6)cc54)c3c2)c1. The van der Waals surface area contributed by atoms with E-state index < -0.39 is 11.7 Å². The third-order valence-electron chi connectivity index (χ3n) is 14.1.